The number of nitrogens with zero attached hydrogens (tertiary/aromatic N) is 2. The van der Waals surface area contributed by atoms with Crippen molar-refractivity contribution < 1.29 is 0 Å². The highest BCUT2D eigenvalue weighted by Gasteiger charge is 1.98. The molecule has 13 heavy (non-hydrogen) atoms. The third kappa shape index (κ3) is 4.00. The molecule has 0 saturated heterocycles. The second kappa shape index (κ2) is 5.66. The molecule has 0 fully saturated rings. The van der Waals surface area contributed by atoms with Crippen molar-refractivity contribution >= 4 is 0 Å². The van der Waals surface area contributed by atoms with Crippen molar-refractivity contribution in [2.75, 3.05) is 13.1 Å². The van der Waals surface area contributed by atoms with Crippen LogP contribution >= 0.6 is 0 Å². The van der Waals surface area contributed by atoms with Crippen LogP contribution in [0.25, 0.3) is 0 Å². The van der Waals surface area contributed by atoms with E-state index >= 15 is 0 Å². The number of hydrogen-bond acceptors (Lipinski definition) is 4. The molecular formula is C8H17N5. The molecule has 1 aromatic rings. The maximum absolute atomic E-state index is 5.46. The first-order valence-electron chi connectivity index (χ1n) is 4.60. The zero-order valence-electron chi connectivity index (χ0n) is 7.95. The Hall–Kier alpha value is -0.940. The Labute approximate surface area is 78.1 Å². The van der Waals surface area contributed by atoms with E-state index < -0.39 is 0 Å². The molecule has 1 rings (SSSR count). The monoisotopic (exact) mass is 183 g/mol. The van der Waals surface area contributed by atoms with E-state index in [1.54, 1.807) is 0 Å². The molecule has 0 amide bonds. The van der Waals surface area contributed by atoms with Crippen molar-refractivity contribution in [1.29, 1.82) is 0 Å². The molecule has 5 heteroatoms. The standard InChI is InChI=1S/C8H17N5/c1-7(5-9)10-4-2-3-8-11-6-12-13-8/h6-7,10H,2-5,9H2,1H3,(H,11,12,13). The fraction of sp³-hybridized carbons (Fsp3) is 0.750. The highest BCUT2D eigenvalue weighted by molar-refractivity contribution is 4.79. The van der Waals surface area contributed by atoms with Gasteiger partial charge in [-0.15, -0.1) is 0 Å². The molecule has 74 valence electrons. The number of aryl methyl sites for hydroxylation is 1. The average Bonchev–Trinajstić information content (AvgIpc) is 2.64. The number of nitrogens with two attached hydrogens (primary N) is 1. The van der Waals surface area contributed by atoms with E-state index in [1.807, 2.05) is 0 Å². The zero-order chi connectivity index (χ0) is 9.52. The number of hydrogen-bond donors (Lipinski definition) is 3. The van der Waals surface area contributed by atoms with E-state index in [-0.39, 0.29) is 0 Å². The van der Waals surface area contributed by atoms with E-state index in [4.69, 9.17) is 5.73 Å². The number of aromatic amines is 1. The van der Waals surface area contributed by atoms with Gasteiger partial charge in [0.1, 0.15) is 12.2 Å². The predicted octanol–water partition coefficient (Wildman–Crippen LogP) is -0.326. The van der Waals surface area contributed by atoms with Crippen LogP contribution in [0.2, 0.25) is 0 Å². The van der Waals surface area contributed by atoms with Gasteiger partial charge < -0.3 is 11.1 Å². The van der Waals surface area contributed by atoms with Crippen molar-refractivity contribution in [1.82, 2.24) is 20.5 Å². The third-order valence-corrected chi connectivity index (χ3v) is 1.90. The highest BCUT2D eigenvalue weighted by atomic mass is 15.2. The van der Waals surface area contributed by atoms with Crippen LogP contribution in [0, 0.1) is 0 Å². The predicted molar refractivity (Wildman–Crippen MR) is 51.2 cm³/mol. The first-order valence-corrected chi connectivity index (χ1v) is 4.60. The van der Waals surface area contributed by atoms with Crippen LogP contribution in [0.15, 0.2) is 6.33 Å². The Kier molecular flexibility index (Phi) is 4.42. The average molecular weight is 183 g/mol. The molecule has 4 N–H and O–H groups in total. The van der Waals surface area contributed by atoms with E-state index in [0.29, 0.717) is 12.6 Å². The lowest BCUT2D eigenvalue weighted by atomic mass is 10.2. The Bertz CT molecular complexity index is 208. The van der Waals surface area contributed by atoms with Crippen LogP contribution < -0.4 is 11.1 Å². The van der Waals surface area contributed by atoms with Gasteiger partial charge in [0, 0.05) is 19.0 Å². The molecule has 0 bridgehead atoms. The second-order valence-electron chi connectivity index (χ2n) is 3.13. The van der Waals surface area contributed by atoms with E-state index in [0.717, 1.165) is 25.2 Å². The van der Waals surface area contributed by atoms with Gasteiger partial charge in [0.25, 0.3) is 0 Å². The number of nitrogens with one attached hydrogen (secondary N) is 2. The lowest BCUT2D eigenvalue weighted by Gasteiger charge is -2.09. The van der Waals surface area contributed by atoms with Gasteiger partial charge in [-0.25, -0.2) is 4.98 Å². The first kappa shape index (κ1) is 10.1. The summed E-state index contributed by atoms with van der Waals surface area (Å²) < 4.78 is 0. The molecule has 0 aliphatic heterocycles. The van der Waals surface area contributed by atoms with Crippen molar-refractivity contribution in [2.24, 2.45) is 5.73 Å². The smallest absolute Gasteiger partial charge is 0.137 e. The van der Waals surface area contributed by atoms with Gasteiger partial charge in [0.15, 0.2) is 0 Å². The van der Waals surface area contributed by atoms with Crippen LogP contribution in [-0.2, 0) is 6.42 Å². The van der Waals surface area contributed by atoms with E-state index in [9.17, 15) is 0 Å². The number of H-pyrrole nitrogens is 1. The lowest BCUT2D eigenvalue weighted by Crippen LogP contribution is -2.33. The Morgan fingerprint density at radius 1 is 1.69 bits per heavy atom. The van der Waals surface area contributed by atoms with Crippen LogP contribution in [0.4, 0.5) is 0 Å². The normalized spacial score (nSPS) is 13.1. The summed E-state index contributed by atoms with van der Waals surface area (Å²) in [4.78, 5) is 4.03. The van der Waals surface area contributed by atoms with Gasteiger partial charge in [0.05, 0.1) is 0 Å². The van der Waals surface area contributed by atoms with Crippen molar-refractivity contribution in [3.63, 3.8) is 0 Å². The summed E-state index contributed by atoms with van der Waals surface area (Å²) in [6.07, 6.45) is 3.52. The molecular weight excluding hydrogens is 166 g/mol. The number of rotatable bonds is 6. The topological polar surface area (TPSA) is 79.6 Å². The largest absolute Gasteiger partial charge is 0.329 e. The fourth-order valence-electron chi connectivity index (χ4n) is 1.04. The fourth-order valence-corrected chi connectivity index (χ4v) is 1.04. The minimum atomic E-state index is 0.398. The molecule has 0 radical (unpaired) electrons. The Balaban J connectivity index is 2.02. The molecule has 0 saturated carbocycles. The quantitative estimate of drug-likeness (QED) is 0.528. The zero-order valence-corrected chi connectivity index (χ0v) is 7.95. The van der Waals surface area contributed by atoms with Crippen molar-refractivity contribution in [3.8, 4) is 0 Å². The van der Waals surface area contributed by atoms with Crippen molar-refractivity contribution in [3.05, 3.63) is 12.2 Å². The summed E-state index contributed by atoms with van der Waals surface area (Å²) in [6.45, 7) is 3.73. The second-order valence-corrected chi connectivity index (χ2v) is 3.13. The molecule has 1 heterocycles. The summed E-state index contributed by atoms with van der Waals surface area (Å²) in [5, 5.41) is 9.91. The third-order valence-electron chi connectivity index (χ3n) is 1.90. The van der Waals surface area contributed by atoms with Gasteiger partial charge >= 0.3 is 0 Å². The SMILES string of the molecule is CC(CN)NCCCc1ncn[nH]1. The van der Waals surface area contributed by atoms with Gasteiger partial charge in [-0.05, 0) is 19.9 Å². The molecule has 1 aromatic heterocycles. The van der Waals surface area contributed by atoms with E-state index in [1.165, 1.54) is 6.33 Å². The lowest BCUT2D eigenvalue weighted by molar-refractivity contribution is 0.540. The molecule has 5 nitrogen and oxygen atoms in total. The number of aromatic nitrogens is 3. The van der Waals surface area contributed by atoms with Crippen LogP contribution in [0.3, 0.4) is 0 Å². The van der Waals surface area contributed by atoms with Crippen LogP contribution in [0.1, 0.15) is 19.2 Å². The highest BCUT2D eigenvalue weighted by Crippen LogP contribution is 1.91. The van der Waals surface area contributed by atoms with Crippen LogP contribution in [-0.4, -0.2) is 34.3 Å². The molecule has 0 spiro atoms. The summed E-state index contributed by atoms with van der Waals surface area (Å²) >= 11 is 0. The Morgan fingerprint density at radius 2 is 2.54 bits per heavy atom. The molecule has 0 aromatic carbocycles. The van der Waals surface area contributed by atoms with Gasteiger partial charge in [0.2, 0.25) is 0 Å². The molecule has 0 aliphatic rings. The molecule has 1 unspecified atom stereocenters. The summed E-state index contributed by atoms with van der Waals surface area (Å²) in [6, 6.07) is 0.398. The van der Waals surface area contributed by atoms with Crippen LogP contribution in [0.5, 0.6) is 0 Å². The first-order chi connectivity index (χ1) is 6.33. The van der Waals surface area contributed by atoms with Gasteiger partial charge in [-0.2, -0.15) is 5.10 Å². The van der Waals surface area contributed by atoms with Gasteiger partial charge in [-0.1, -0.05) is 0 Å². The van der Waals surface area contributed by atoms with E-state index in [2.05, 4.69) is 27.4 Å². The summed E-state index contributed by atoms with van der Waals surface area (Å²) in [7, 11) is 0. The minimum Gasteiger partial charge on any atom is -0.329 e. The molecule has 1 atom stereocenters. The maximum Gasteiger partial charge on any atom is 0.137 e. The Morgan fingerprint density at radius 3 is 3.15 bits per heavy atom. The summed E-state index contributed by atoms with van der Waals surface area (Å²) in [5.41, 5.74) is 5.46. The maximum atomic E-state index is 5.46. The van der Waals surface area contributed by atoms with Gasteiger partial charge in [-0.3, -0.25) is 5.10 Å². The summed E-state index contributed by atoms with van der Waals surface area (Å²) in [5.74, 6) is 0.946. The minimum absolute atomic E-state index is 0.398. The molecule has 0 aliphatic carbocycles. The van der Waals surface area contributed by atoms with Crippen molar-refractivity contribution in [2.45, 2.75) is 25.8 Å².